The van der Waals surface area contributed by atoms with E-state index in [0.717, 1.165) is 16.5 Å². The number of aromatic nitrogens is 1. The third-order valence-corrected chi connectivity index (χ3v) is 4.32. The molecule has 0 radical (unpaired) electrons. The van der Waals surface area contributed by atoms with Crippen molar-refractivity contribution in [2.75, 3.05) is 12.9 Å². The summed E-state index contributed by atoms with van der Waals surface area (Å²) in [6.45, 7) is 0.633. The zero-order chi connectivity index (χ0) is 14.5. The Morgan fingerprint density at radius 1 is 1.29 bits per heavy atom. The fourth-order valence-electron chi connectivity index (χ4n) is 2.14. The van der Waals surface area contributed by atoms with Gasteiger partial charge in [-0.3, -0.25) is 4.99 Å². The van der Waals surface area contributed by atoms with E-state index < -0.39 is 0 Å². The first-order chi connectivity index (χ1) is 10.3. The molecule has 0 amide bonds. The predicted molar refractivity (Wildman–Crippen MR) is 86.7 cm³/mol. The summed E-state index contributed by atoms with van der Waals surface area (Å²) in [6.07, 6.45) is 1.80. The highest BCUT2D eigenvalue weighted by Gasteiger charge is 2.21. The van der Waals surface area contributed by atoms with Crippen molar-refractivity contribution < 1.29 is 4.74 Å². The number of hydrogen-bond acceptors (Lipinski definition) is 4. The van der Waals surface area contributed by atoms with E-state index in [2.05, 4.69) is 39.6 Å². The van der Waals surface area contributed by atoms with Crippen LogP contribution in [0.1, 0.15) is 17.2 Å². The average Bonchev–Trinajstić information content (AvgIpc) is 3.03. The number of nitrogens with zero attached hydrogens (tertiary/aromatic N) is 2. The lowest BCUT2D eigenvalue weighted by Gasteiger charge is -2.09. The molecule has 1 fully saturated rings. The second kappa shape index (κ2) is 6.63. The third-order valence-electron chi connectivity index (χ3n) is 3.30. The minimum atomic E-state index is 0.351. The first kappa shape index (κ1) is 13.9. The molecule has 108 valence electrons. The van der Waals surface area contributed by atoms with Gasteiger partial charge < -0.3 is 10.1 Å². The Kier molecular flexibility index (Phi) is 4.40. The van der Waals surface area contributed by atoms with Crippen LogP contribution in [0, 0.1) is 0 Å². The van der Waals surface area contributed by atoms with Crippen LogP contribution in [0.4, 0.5) is 0 Å². The lowest BCUT2D eigenvalue weighted by Crippen LogP contribution is -2.19. The maximum atomic E-state index is 5.05. The van der Waals surface area contributed by atoms with Crippen molar-refractivity contribution in [3.8, 4) is 5.88 Å². The van der Waals surface area contributed by atoms with E-state index in [1.54, 1.807) is 25.1 Å². The molecule has 0 saturated carbocycles. The van der Waals surface area contributed by atoms with Gasteiger partial charge in [0.2, 0.25) is 5.88 Å². The topological polar surface area (TPSA) is 46.5 Å². The van der Waals surface area contributed by atoms with Crippen LogP contribution in [0.3, 0.4) is 0 Å². The quantitative estimate of drug-likeness (QED) is 0.942. The van der Waals surface area contributed by atoms with Gasteiger partial charge in [-0.25, -0.2) is 4.98 Å². The SMILES string of the molecule is COc1ccc(CN=C2NC(c3ccccc3)CS2)cn1. The molecule has 1 N–H and O–H groups in total. The molecular formula is C16H17N3OS. The Morgan fingerprint density at radius 3 is 2.86 bits per heavy atom. The number of nitrogens with one attached hydrogen (secondary N) is 1. The molecule has 1 aliphatic rings. The van der Waals surface area contributed by atoms with Gasteiger partial charge in [0.25, 0.3) is 0 Å². The molecule has 2 aromatic rings. The van der Waals surface area contributed by atoms with Crippen molar-refractivity contribution in [1.29, 1.82) is 0 Å². The van der Waals surface area contributed by atoms with Crippen LogP contribution in [0.15, 0.2) is 53.7 Å². The Morgan fingerprint density at radius 2 is 2.14 bits per heavy atom. The molecule has 1 unspecified atom stereocenters. The Bertz CT molecular complexity index is 613. The van der Waals surface area contributed by atoms with Gasteiger partial charge in [-0.05, 0) is 11.1 Å². The second-order valence-electron chi connectivity index (χ2n) is 4.75. The molecule has 2 heterocycles. The van der Waals surface area contributed by atoms with Gasteiger partial charge >= 0.3 is 0 Å². The van der Waals surface area contributed by atoms with Crippen LogP contribution >= 0.6 is 11.8 Å². The summed E-state index contributed by atoms with van der Waals surface area (Å²) in [5, 5.41) is 4.47. The number of methoxy groups -OCH3 is 1. The summed E-state index contributed by atoms with van der Waals surface area (Å²) >= 11 is 1.77. The maximum absolute atomic E-state index is 5.05. The first-order valence-electron chi connectivity index (χ1n) is 6.83. The molecule has 1 saturated heterocycles. The molecule has 0 bridgehead atoms. The number of pyridine rings is 1. The fraction of sp³-hybridized carbons (Fsp3) is 0.250. The van der Waals surface area contributed by atoms with Crippen molar-refractivity contribution in [2.24, 2.45) is 4.99 Å². The van der Waals surface area contributed by atoms with Crippen LogP contribution in [0.5, 0.6) is 5.88 Å². The molecule has 4 nitrogen and oxygen atoms in total. The number of aliphatic imine (C=N–C) groups is 1. The summed E-state index contributed by atoms with van der Waals surface area (Å²) in [6, 6.07) is 14.7. The largest absolute Gasteiger partial charge is 0.481 e. The van der Waals surface area contributed by atoms with Gasteiger partial charge in [0, 0.05) is 18.0 Å². The Hall–Kier alpha value is -2.01. The van der Waals surface area contributed by atoms with Gasteiger partial charge in [-0.15, -0.1) is 0 Å². The average molecular weight is 299 g/mol. The third kappa shape index (κ3) is 3.55. The normalized spacial score (nSPS) is 19.5. The highest BCUT2D eigenvalue weighted by Crippen LogP contribution is 2.26. The molecule has 0 spiro atoms. The van der Waals surface area contributed by atoms with Crippen molar-refractivity contribution in [1.82, 2.24) is 10.3 Å². The highest BCUT2D eigenvalue weighted by molar-refractivity contribution is 8.14. The first-order valence-corrected chi connectivity index (χ1v) is 7.81. The maximum Gasteiger partial charge on any atom is 0.212 e. The van der Waals surface area contributed by atoms with Crippen molar-refractivity contribution in [3.63, 3.8) is 0 Å². The van der Waals surface area contributed by atoms with E-state index in [0.29, 0.717) is 18.5 Å². The van der Waals surface area contributed by atoms with E-state index in [4.69, 9.17) is 4.74 Å². The molecule has 5 heteroatoms. The standard InChI is InChI=1S/C16H17N3OS/c1-20-15-8-7-12(9-17-15)10-18-16-19-14(11-21-16)13-5-3-2-4-6-13/h2-9,14H,10-11H2,1H3,(H,18,19). The molecular weight excluding hydrogens is 282 g/mol. The van der Waals surface area contributed by atoms with Gasteiger partial charge in [0.15, 0.2) is 5.17 Å². The van der Waals surface area contributed by atoms with Gasteiger partial charge in [-0.1, -0.05) is 48.2 Å². The number of ether oxygens (including phenoxy) is 1. The molecule has 0 aliphatic carbocycles. The minimum absolute atomic E-state index is 0.351. The van der Waals surface area contributed by atoms with E-state index in [-0.39, 0.29) is 0 Å². The van der Waals surface area contributed by atoms with E-state index in [1.807, 2.05) is 18.2 Å². The highest BCUT2D eigenvalue weighted by atomic mass is 32.2. The molecule has 1 aromatic carbocycles. The van der Waals surface area contributed by atoms with Gasteiger partial charge in [-0.2, -0.15) is 0 Å². The number of thioether (sulfide) groups is 1. The zero-order valence-corrected chi connectivity index (χ0v) is 12.6. The second-order valence-corrected chi connectivity index (χ2v) is 5.76. The van der Waals surface area contributed by atoms with Crippen LogP contribution in [0.2, 0.25) is 0 Å². The number of amidine groups is 1. The summed E-state index contributed by atoms with van der Waals surface area (Å²) in [5.41, 5.74) is 2.38. The Labute approximate surface area is 128 Å². The monoisotopic (exact) mass is 299 g/mol. The van der Waals surface area contributed by atoms with Crippen LogP contribution < -0.4 is 10.1 Å². The molecule has 21 heavy (non-hydrogen) atoms. The number of hydrogen-bond donors (Lipinski definition) is 1. The van der Waals surface area contributed by atoms with E-state index >= 15 is 0 Å². The van der Waals surface area contributed by atoms with Crippen LogP contribution in [0.25, 0.3) is 0 Å². The van der Waals surface area contributed by atoms with E-state index in [1.165, 1.54) is 5.56 Å². The predicted octanol–water partition coefficient (Wildman–Crippen LogP) is 3.02. The zero-order valence-electron chi connectivity index (χ0n) is 11.8. The Balaban J connectivity index is 1.60. The van der Waals surface area contributed by atoms with Gasteiger partial charge in [0.05, 0.1) is 19.7 Å². The molecule has 1 aromatic heterocycles. The minimum Gasteiger partial charge on any atom is -0.481 e. The lowest BCUT2D eigenvalue weighted by atomic mass is 10.1. The van der Waals surface area contributed by atoms with Crippen molar-refractivity contribution >= 4 is 16.9 Å². The molecule has 1 atom stereocenters. The van der Waals surface area contributed by atoms with Crippen molar-refractivity contribution in [3.05, 3.63) is 59.8 Å². The number of benzene rings is 1. The number of rotatable bonds is 4. The van der Waals surface area contributed by atoms with Gasteiger partial charge in [0.1, 0.15) is 0 Å². The fourth-order valence-corrected chi connectivity index (χ4v) is 3.12. The summed E-state index contributed by atoms with van der Waals surface area (Å²) < 4.78 is 5.05. The molecule has 1 aliphatic heterocycles. The summed E-state index contributed by atoms with van der Waals surface area (Å²) in [4.78, 5) is 8.80. The smallest absolute Gasteiger partial charge is 0.212 e. The van der Waals surface area contributed by atoms with Crippen LogP contribution in [-0.2, 0) is 6.54 Å². The molecule has 3 rings (SSSR count). The van der Waals surface area contributed by atoms with Crippen LogP contribution in [-0.4, -0.2) is 23.0 Å². The summed E-state index contributed by atoms with van der Waals surface area (Å²) in [7, 11) is 1.62. The summed E-state index contributed by atoms with van der Waals surface area (Å²) in [5.74, 6) is 1.65. The van der Waals surface area contributed by atoms with E-state index in [9.17, 15) is 0 Å². The van der Waals surface area contributed by atoms with Crippen molar-refractivity contribution in [2.45, 2.75) is 12.6 Å². The lowest BCUT2D eigenvalue weighted by molar-refractivity contribution is 0.397.